The van der Waals surface area contributed by atoms with E-state index in [-0.39, 0.29) is 0 Å². The van der Waals surface area contributed by atoms with E-state index in [1.54, 1.807) is 0 Å². The van der Waals surface area contributed by atoms with Gasteiger partial charge in [0.05, 0.1) is 11.1 Å². The van der Waals surface area contributed by atoms with E-state index in [1.807, 2.05) is 6.92 Å². The van der Waals surface area contributed by atoms with Crippen molar-refractivity contribution in [1.82, 2.24) is 4.57 Å². The van der Waals surface area contributed by atoms with Crippen molar-refractivity contribution in [3.05, 3.63) is 46.8 Å². The Balaban J connectivity index is 2.11. The lowest BCUT2D eigenvalue weighted by molar-refractivity contribution is -0.137. The standard InChI is InChI=1S/C24H31F3N2O/c1-3-4-10-20-22(18-11-13-19(14-12-18)24(25,26)27)21(23(28)30)16(2)29(20)15-17-8-6-5-7-9-17/h11-14,17H,3-10,15H2,1-2H3,(H2,28,30). The molecule has 2 N–H and O–H groups in total. The quantitative estimate of drug-likeness (QED) is 0.546. The van der Waals surface area contributed by atoms with Crippen molar-refractivity contribution < 1.29 is 18.0 Å². The summed E-state index contributed by atoms with van der Waals surface area (Å²) in [6, 6.07) is 5.09. The average Bonchev–Trinajstić information content (AvgIpc) is 2.98. The van der Waals surface area contributed by atoms with Gasteiger partial charge < -0.3 is 10.3 Å². The molecule has 0 atom stereocenters. The van der Waals surface area contributed by atoms with Crippen molar-refractivity contribution in [3.8, 4) is 11.1 Å². The molecule has 0 bridgehead atoms. The maximum absolute atomic E-state index is 13.0. The zero-order valence-electron chi connectivity index (χ0n) is 17.8. The van der Waals surface area contributed by atoms with Crippen LogP contribution >= 0.6 is 0 Å². The normalized spacial score (nSPS) is 15.5. The van der Waals surface area contributed by atoms with Gasteiger partial charge in [-0.1, -0.05) is 44.7 Å². The molecule has 0 saturated heterocycles. The summed E-state index contributed by atoms with van der Waals surface area (Å²) in [6.07, 6.45) is 4.39. The number of hydrogen-bond donors (Lipinski definition) is 1. The van der Waals surface area contributed by atoms with Crippen LogP contribution in [0.25, 0.3) is 11.1 Å². The molecule has 30 heavy (non-hydrogen) atoms. The number of aromatic nitrogens is 1. The van der Waals surface area contributed by atoms with E-state index in [4.69, 9.17) is 5.73 Å². The molecular formula is C24H31F3N2O. The van der Waals surface area contributed by atoms with Gasteiger partial charge in [-0.25, -0.2) is 0 Å². The second-order valence-corrected chi connectivity index (χ2v) is 8.44. The molecule has 1 aliphatic rings. The summed E-state index contributed by atoms with van der Waals surface area (Å²) in [5.41, 5.74) is 8.69. The SMILES string of the molecule is CCCCc1c(-c2ccc(C(F)(F)F)cc2)c(C(N)=O)c(C)n1CC1CCCCC1. The third kappa shape index (κ3) is 4.73. The van der Waals surface area contributed by atoms with Gasteiger partial charge in [0.1, 0.15) is 0 Å². The van der Waals surface area contributed by atoms with Crippen molar-refractivity contribution in [2.75, 3.05) is 0 Å². The minimum absolute atomic E-state index is 0.441. The number of primary amides is 1. The number of unbranched alkanes of at least 4 members (excludes halogenated alkanes) is 1. The lowest BCUT2D eigenvalue weighted by Crippen LogP contribution is -2.18. The Kier molecular flexibility index (Phi) is 6.94. The molecule has 0 radical (unpaired) electrons. The van der Waals surface area contributed by atoms with Gasteiger partial charge in [-0.3, -0.25) is 4.79 Å². The highest BCUT2D eigenvalue weighted by Gasteiger charge is 2.31. The van der Waals surface area contributed by atoms with Gasteiger partial charge in [0.25, 0.3) is 5.91 Å². The summed E-state index contributed by atoms with van der Waals surface area (Å²) in [7, 11) is 0. The van der Waals surface area contributed by atoms with E-state index in [9.17, 15) is 18.0 Å². The largest absolute Gasteiger partial charge is 0.416 e. The third-order valence-electron chi connectivity index (χ3n) is 6.31. The number of nitrogens with two attached hydrogens (primary N) is 1. The van der Waals surface area contributed by atoms with E-state index < -0.39 is 17.6 Å². The van der Waals surface area contributed by atoms with Gasteiger partial charge in [-0.2, -0.15) is 13.2 Å². The van der Waals surface area contributed by atoms with Gasteiger partial charge in [-0.05, 0) is 56.2 Å². The second kappa shape index (κ2) is 9.27. The molecule has 1 aliphatic carbocycles. The predicted octanol–water partition coefficient (Wildman–Crippen LogP) is 6.50. The number of benzene rings is 1. The molecule has 0 aliphatic heterocycles. The molecule has 3 rings (SSSR count). The van der Waals surface area contributed by atoms with Crippen LogP contribution in [0.1, 0.15) is 79.2 Å². The first-order valence-electron chi connectivity index (χ1n) is 10.9. The first kappa shape index (κ1) is 22.4. The topological polar surface area (TPSA) is 48.0 Å². The zero-order valence-corrected chi connectivity index (χ0v) is 17.8. The van der Waals surface area contributed by atoms with E-state index in [2.05, 4.69) is 11.5 Å². The molecule has 6 heteroatoms. The Morgan fingerprint density at radius 2 is 1.77 bits per heavy atom. The molecule has 3 nitrogen and oxygen atoms in total. The van der Waals surface area contributed by atoms with Gasteiger partial charge >= 0.3 is 6.18 Å². The highest BCUT2D eigenvalue weighted by atomic mass is 19.4. The Hall–Kier alpha value is -2.24. The van der Waals surface area contributed by atoms with Crippen LogP contribution in [0.5, 0.6) is 0 Å². The van der Waals surface area contributed by atoms with Crippen LogP contribution in [-0.4, -0.2) is 10.5 Å². The van der Waals surface area contributed by atoms with Crippen molar-refractivity contribution >= 4 is 5.91 Å². The Labute approximate surface area is 176 Å². The number of carbonyl (C=O) groups is 1. The number of nitrogens with zero attached hydrogens (tertiary/aromatic N) is 1. The number of alkyl halides is 3. The van der Waals surface area contributed by atoms with E-state index in [0.717, 1.165) is 49.3 Å². The number of carbonyl (C=O) groups excluding carboxylic acids is 1. The lowest BCUT2D eigenvalue weighted by atomic mass is 9.89. The highest BCUT2D eigenvalue weighted by molar-refractivity contribution is 6.02. The Morgan fingerprint density at radius 1 is 1.13 bits per heavy atom. The molecule has 1 saturated carbocycles. The number of amides is 1. The van der Waals surface area contributed by atoms with Crippen LogP contribution < -0.4 is 5.73 Å². The maximum Gasteiger partial charge on any atom is 0.416 e. The van der Waals surface area contributed by atoms with Crippen LogP contribution in [-0.2, 0) is 19.1 Å². The van der Waals surface area contributed by atoms with E-state index in [1.165, 1.54) is 44.2 Å². The third-order valence-corrected chi connectivity index (χ3v) is 6.31. The molecule has 1 fully saturated rings. The number of halogens is 3. The van der Waals surface area contributed by atoms with Crippen molar-refractivity contribution in [2.45, 2.75) is 77.9 Å². The lowest BCUT2D eigenvalue weighted by Gasteiger charge is -2.24. The molecule has 1 aromatic carbocycles. The summed E-state index contributed by atoms with van der Waals surface area (Å²) >= 11 is 0. The molecule has 1 aromatic heterocycles. The molecule has 1 amide bonds. The van der Waals surface area contributed by atoms with Gasteiger partial charge in [0, 0.05) is 23.5 Å². The van der Waals surface area contributed by atoms with Crippen molar-refractivity contribution in [3.63, 3.8) is 0 Å². The molecule has 1 heterocycles. The van der Waals surface area contributed by atoms with E-state index in [0.29, 0.717) is 22.6 Å². The molecule has 0 unspecified atom stereocenters. The van der Waals surface area contributed by atoms with Crippen LogP contribution in [0, 0.1) is 12.8 Å². The van der Waals surface area contributed by atoms with Crippen LogP contribution in [0.2, 0.25) is 0 Å². The molecule has 2 aromatic rings. The fraction of sp³-hybridized carbons (Fsp3) is 0.542. The van der Waals surface area contributed by atoms with Crippen LogP contribution in [0.15, 0.2) is 24.3 Å². The monoisotopic (exact) mass is 420 g/mol. The summed E-state index contributed by atoms with van der Waals surface area (Å²) in [5, 5.41) is 0. The van der Waals surface area contributed by atoms with E-state index >= 15 is 0 Å². The Bertz CT molecular complexity index is 875. The van der Waals surface area contributed by atoms with Crippen molar-refractivity contribution in [2.24, 2.45) is 11.7 Å². The number of hydrogen-bond acceptors (Lipinski definition) is 1. The van der Waals surface area contributed by atoms with Gasteiger partial charge in [0.15, 0.2) is 0 Å². The minimum atomic E-state index is -4.39. The molecule has 164 valence electrons. The number of rotatable bonds is 7. The highest BCUT2D eigenvalue weighted by Crippen LogP contribution is 2.37. The summed E-state index contributed by atoms with van der Waals surface area (Å²) < 4.78 is 41.3. The predicted molar refractivity (Wildman–Crippen MR) is 113 cm³/mol. The van der Waals surface area contributed by atoms with Crippen LogP contribution in [0.4, 0.5) is 13.2 Å². The molecular weight excluding hydrogens is 389 g/mol. The first-order valence-corrected chi connectivity index (χ1v) is 10.9. The summed E-state index contributed by atoms with van der Waals surface area (Å²) in [5.74, 6) is 0.0361. The van der Waals surface area contributed by atoms with Gasteiger partial charge in [-0.15, -0.1) is 0 Å². The minimum Gasteiger partial charge on any atom is -0.366 e. The summed E-state index contributed by atoms with van der Waals surface area (Å²) in [6.45, 7) is 4.85. The fourth-order valence-electron chi connectivity index (χ4n) is 4.72. The Morgan fingerprint density at radius 3 is 2.30 bits per heavy atom. The van der Waals surface area contributed by atoms with Gasteiger partial charge in [0.2, 0.25) is 0 Å². The maximum atomic E-state index is 13.0. The first-order chi connectivity index (χ1) is 14.2. The second-order valence-electron chi connectivity index (χ2n) is 8.44. The fourth-order valence-corrected chi connectivity index (χ4v) is 4.72. The smallest absolute Gasteiger partial charge is 0.366 e. The molecule has 0 spiro atoms. The summed E-state index contributed by atoms with van der Waals surface area (Å²) in [4.78, 5) is 12.4. The zero-order chi connectivity index (χ0) is 21.9. The average molecular weight is 421 g/mol. The van der Waals surface area contributed by atoms with Crippen molar-refractivity contribution in [1.29, 1.82) is 0 Å². The van der Waals surface area contributed by atoms with Crippen LogP contribution in [0.3, 0.4) is 0 Å².